The lowest BCUT2D eigenvalue weighted by Crippen LogP contribution is -2.11. The highest BCUT2D eigenvalue weighted by atomic mass is 79.9. The lowest BCUT2D eigenvalue weighted by molar-refractivity contribution is 0.600. The summed E-state index contributed by atoms with van der Waals surface area (Å²) in [5.74, 6) is 0. The van der Waals surface area contributed by atoms with Crippen LogP contribution < -0.4 is 15.9 Å². The van der Waals surface area contributed by atoms with Gasteiger partial charge in [0.25, 0.3) is 0 Å². The molecule has 3 aromatic carbocycles. The molecule has 1 atom stereocenters. The lowest BCUT2D eigenvalue weighted by atomic mass is 10.4. The second-order valence-electron chi connectivity index (χ2n) is 4.74. The predicted molar refractivity (Wildman–Crippen MR) is 100 cm³/mol. The predicted octanol–water partition coefficient (Wildman–Crippen LogP) is 4.95. The SMILES string of the molecule is O=[P+](c1cccc(Br)c1)P(c1ccccc1)c1ccccc1. The zero-order valence-electron chi connectivity index (χ0n) is 11.8. The molecule has 108 valence electrons. The third-order valence-electron chi connectivity index (χ3n) is 3.21. The molecule has 3 aromatic rings. The first kappa shape index (κ1) is 15.6. The maximum atomic E-state index is 13.3. The van der Waals surface area contributed by atoms with Crippen LogP contribution in [0.3, 0.4) is 0 Å². The highest BCUT2D eigenvalue weighted by Gasteiger charge is 2.37. The summed E-state index contributed by atoms with van der Waals surface area (Å²) in [6.07, 6.45) is 0. The molecular formula is C18H14BrOP2+. The first-order chi connectivity index (χ1) is 10.8. The number of benzene rings is 3. The third-order valence-corrected chi connectivity index (χ3v) is 9.53. The van der Waals surface area contributed by atoms with Gasteiger partial charge in [-0.15, -0.1) is 0 Å². The van der Waals surface area contributed by atoms with Crippen LogP contribution in [0, 0.1) is 0 Å². The largest absolute Gasteiger partial charge is 0.402 e. The molecule has 0 amide bonds. The molecule has 0 aromatic heterocycles. The Balaban J connectivity index is 2.08. The Morgan fingerprint density at radius 1 is 0.727 bits per heavy atom. The van der Waals surface area contributed by atoms with Crippen LogP contribution in [0.25, 0.3) is 0 Å². The Morgan fingerprint density at radius 3 is 1.77 bits per heavy atom. The van der Waals surface area contributed by atoms with E-state index in [9.17, 15) is 4.57 Å². The second-order valence-corrected chi connectivity index (χ2v) is 10.7. The van der Waals surface area contributed by atoms with Crippen molar-refractivity contribution in [3.05, 3.63) is 89.4 Å². The highest BCUT2D eigenvalue weighted by Crippen LogP contribution is 2.58. The normalized spacial score (nSPS) is 11.5. The van der Waals surface area contributed by atoms with Gasteiger partial charge < -0.3 is 0 Å². The van der Waals surface area contributed by atoms with E-state index in [2.05, 4.69) is 40.2 Å². The van der Waals surface area contributed by atoms with E-state index < -0.39 is 15.1 Å². The first-order valence-corrected chi connectivity index (χ1v) is 11.0. The van der Waals surface area contributed by atoms with Crippen LogP contribution in [0.15, 0.2) is 89.4 Å². The summed E-state index contributed by atoms with van der Waals surface area (Å²) in [7, 11) is -2.44. The lowest BCUT2D eigenvalue weighted by Gasteiger charge is -2.07. The number of hydrogen-bond donors (Lipinski definition) is 0. The molecule has 0 bridgehead atoms. The molecule has 0 fully saturated rings. The molecule has 0 saturated heterocycles. The van der Waals surface area contributed by atoms with Crippen molar-refractivity contribution in [2.75, 3.05) is 0 Å². The van der Waals surface area contributed by atoms with Gasteiger partial charge in [-0.3, -0.25) is 0 Å². The van der Waals surface area contributed by atoms with Crippen molar-refractivity contribution in [2.45, 2.75) is 0 Å². The molecule has 0 saturated carbocycles. The molecule has 0 aliphatic rings. The van der Waals surface area contributed by atoms with Crippen molar-refractivity contribution in [1.82, 2.24) is 0 Å². The van der Waals surface area contributed by atoms with Gasteiger partial charge in [0.1, 0.15) is 0 Å². The minimum absolute atomic E-state index is 0.892. The molecule has 0 radical (unpaired) electrons. The van der Waals surface area contributed by atoms with Crippen molar-refractivity contribution in [2.24, 2.45) is 0 Å². The maximum absolute atomic E-state index is 13.3. The van der Waals surface area contributed by atoms with E-state index in [1.54, 1.807) is 0 Å². The van der Waals surface area contributed by atoms with Gasteiger partial charge in [0, 0.05) is 21.1 Å². The average Bonchev–Trinajstić information content (AvgIpc) is 2.57. The smallest absolute Gasteiger partial charge is 0.0648 e. The van der Waals surface area contributed by atoms with Gasteiger partial charge >= 0.3 is 7.49 Å². The fraction of sp³-hybridized carbons (Fsp3) is 0. The molecule has 4 heteroatoms. The summed E-state index contributed by atoms with van der Waals surface area (Å²) in [5.41, 5.74) is 0. The van der Waals surface area contributed by atoms with Crippen molar-refractivity contribution < 1.29 is 4.57 Å². The minimum atomic E-state index is -1.52. The zero-order chi connectivity index (χ0) is 15.4. The van der Waals surface area contributed by atoms with Crippen molar-refractivity contribution in [1.29, 1.82) is 0 Å². The van der Waals surface area contributed by atoms with Crippen LogP contribution in [0.5, 0.6) is 0 Å². The molecule has 1 unspecified atom stereocenters. The number of hydrogen-bond acceptors (Lipinski definition) is 1. The summed E-state index contributed by atoms with van der Waals surface area (Å²) in [4.78, 5) is 0. The molecule has 3 rings (SSSR count). The Bertz CT molecular complexity index is 736. The number of rotatable bonds is 4. The monoisotopic (exact) mass is 387 g/mol. The molecule has 1 nitrogen and oxygen atoms in total. The van der Waals surface area contributed by atoms with Crippen LogP contribution in [0.4, 0.5) is 0 Å². The quantitative estimate of drug-likeness (QED) is 0.578. The van der Waals surface area contributed by atoms with Crippen molar-refractivity contribution in [3.8, 4) is 0 Å². The third kappa shape index (κ3) is 3.52. The highest BCUT2D eigenvalue weighted by molar-refractivity contribution is 9.10. The van der Waals surface area contributed by atoms with Crippen molar-refractivity contribution in [3.63, 3.8) is 0 Å². The fourth-order valence-electron chi connectivity index (χ4n) is 2.21. The topological polar surface area (TPSA) is 17.1 Å². The Kier molecular flexibility index (Phi) is 5.16. The van der Waals surface area contributed by atoms with Gasteiger partial charge in [0.05, 0.1) is 0 Å². The minimum Gasteiger partial charge on any atom is -0.0648 e. The summed E-state index contributed by atoms with van der Waals surface area (Å²) >= 11 is 3.47. The van der Waals surface area contributed by atoms with Crippen LogP contribution in [0.2, 0.25) is 0 Å². The van der Waals surface area contributed by atoms with E-state index in [1.807, 2.05) is 60.7 Å². The van der Waals surface area contributed by atoms with Gasteiger partial charge in [-0.05, 0) is 12.1 Å². The van der Waals surface area contributed by atoms with E-state index in [0.717, 1.165) is 20.4 Å². The molecule has 0 aliphatic heterocycles. The van der Waals surface area contributed by atoms with Gasteiger partial charge in [0.15, 0.2) is 5.30 Å². The fourth-order valence-corrected chi connectivity index (χ4v) is 8.23. The standard InChI is InChI=1S/C18H14BrOP2/c19-15-8-7-13-18(14-15)22(20)21(16-9-3-1-4-10-16)17-11-5-2-6-12-17/h1-14H/q+1. The summed E-state index contributed by atoms with van der Waals surface area (Å²) in [5, 5.41) is 3.18. The van der Waals surface area contributed by atoms with Gasteiger partial charge in [0.2, 0.25) is 7.61 Å². The van der Waals surface area contributed by atoms with E-state index in [-0.39, 0.29) is 0 Å². The van der Waals surface area contributed by atoms with Gasteiger partial charge in [-0.2, -0.15) is 0 Å². The van der Waals surface area contributed by atoms with Gasteiger partial charge in [-0.1, -0.05) is 87.2 Å². The second kappa shape index (κ2) is 7.29. The summed E-state index contributed by atoms with van der Waals surface area (Å²) in [6.45, 7) is 0. The van der Waals surface area contributed by atoms with Crippen molar-refractivity contribution >= 4 is 46.9 Å². The molecule has 0 spiro atoms. The summed E-state index contributed by atoms with van der Waals surface area (Å²) in [6, 6.07) is 28.1. The van der Waals surface area contributed by atoms with Crippen LogP contribution in [-0.4, -0.2) is 0 Å². The van der Waals surface area contributed by atoms with Crippen LogP contribution in [0.1, 0.15) is 0 Å². The maximum Gasteiger partial charge on any atom is 0.402 e. The van der Waals surface area contributed by atoms with Gasteiger partial charge in [-0.25, -0.2) is 0 Å². The summed E-state index contributed by atoms with van der Waals surface area (Å²) < 4.78 is 14.2. The average molecular weight is 388 g/mol. The van der Waals surface area contributed by atoms with E-state index in [4.69, 9.17) is 0 Å². The molecule has 0 N–H and O–H groups in total. The molecular weight excluding hydrogens is 374 g/mol. The van der Waals surface area contributed by atoms with E-state index >= 15 is 0 Å². The molecule has 0 heterocycles. The van der Waals surface area contributed by atoms with E-state index in [1.165, 1.54) is 0 Å². The van der Waals surface area contributed by atoms with Crippen LogP contribution >= 0.6 is 31.0 Å². The van der Waals surface area contributed by atoms with Crippen LogP contribution in [-0.2, 0) is 4.57 Å². The Hall–Kier alpha value is -1.33. The molecule has 22 heavy (non-hydrogen) atoms. The molecule has 0 aliphatic carbocycles. The zero-order valence-corrected chi connectivity index (χ0v) is 15.1. The Morgan fingerprint density at radius 2 is 1.27 bits per heavy atom. The number of halogens is 1. The first-order valence-electron chi connectivity index (χ1n) is 6.89. The van der Waals surface area contributed by atoms with E-state index in [0.29, 0.717) is 0 Å². The Labute approximate surface area is 141 Å².